The highest BCUT2D eigenvalue weighted by molar-refractivity contribution is 5.63. The van der Waals surface area contributed by atoms with Gasteiger partial charge in [-0.15, -0.1) is 0 Å². The molecule has 4 atom stereocenters. The lowest BCUT2D eigenvalue weighted by Gasteiger charge is -2.36. The first kappa shape index (κ1) is 70.2. The Balaban J connectivity index is 0. The van der Waals surface area contributed by atoms with Crippen LogP contribution >= 0.6 is 0 Å². The second-order valence-corrected chi connectivity index (χ2v) is 22.1. The Kier molecular flexibility index (Phi) is 53.5. The Labute approximate surface area is 438 Å². The molecule has 2 N–H and O–H groups in total. The van der Waals surface area contributed by atoms with Crippen molar-refractivity contribution in [2.45, 2.75) is 363 Å². The molecule has 0 aliphatic rings. The van der Waals surface area contributed by atoms with Crippen LogP contribution in [0.5, 0.6) is 0 Å². The number of hydrogen-bond donors (Lipinski definition) is 2. The summed E-state index contributed by atoms with van der Waals surface area (Å²) in [5.41, 5.74) is 3.08. The molecule has 0 saturated carbocycles. The minimum atomic E-state index is -0.833. The molecule has 0 spiro atoms. The Morgan fingerprint density at radius 3 is 0.714 bits per heavy atom. The zero-order valence-corrected chi connectivity index (χ0v) is 48.9. The summed E-state index contributed by atoms with van der Waals surface area (Å²) in [4.78, 5) is 23.8. The fraction of sp³-hybridized carbons (Fsp3) is 0.875. The van der Waals surface area contributed by atoms with E-state index >= 15 is 0 Å². The highest BCUT2D eigenvalue weighted by Gasteiger charge is 2.23. The molecule has 0 heterocycles. The first-order valence-corrected chi connectivity index (χ1v) is 30.8. The van der Waals surface area contributed by atoms with Gasteiger partial charge >= 0.3 is 0 Å². The van der Waals surface area contributed by atoms with Gasteiger partial charge in [0.1, 0.15) is 0 Å². The van der Waals surface area contributed by atoms with E-state index in [9.17, 15) is 0 Å². The van der Waals surface area contributed by atoms with Crippen LogP contribution in [0, 0.1) is 0 Å². The number of aliphatic carboxylic acids is 2. The van der Waals surface area contributed by atoms with E-state index < -0.39 is 11.9 Å². The van der Waals surface area contributed by atoms with E-state index in [1.165, 1.54) is 257 Å². The van der Waals surface area contributed by atoms with Gasteiger partial charge in [-0.05, 0) is 64.5 Å². The Morgan fingerprint density at radius 2 is 0.529 bits per heavy atom. The van der Waals surface area contributed by atoms with Crippen LogP contribution < -0.4 is 0 Å². The van der Waals surface area contributed by atoms with Gasteiger partial charge < -0.3 is 10.2 Å². The fourth-order valence-electron chi connectivity index (χ4n) is 10.4. The number of hydrogen-bond acceptors (Lipinski definition) is 4. The van der Waals surface area contributed by atoms with Gasteiger partial charge in [-0.1, -0.05) is 283 Å². The van der Waals surface area contributed by atoms with Crippen molar-refractivity contribution < 1.29 is 19.8 Å². The maximum absolute atomic E-state index is 9.00. The molecule has 0 bridgehead atoms. The second-order valence-electron chi connectivity index (χ2n) is 22.1. The van der Waals surface area contributed by atoms with Crippen LogP contribution in [-0.4, -0.2) is 56.1 Å². The zero-order chi connectivity index (χ0) is 52.3. The highest BCUT2D eigenvalue weighted by Crippen LogP contribution is 2.25. The van der Waals surface area contributed by atoms with Gasteiger partial charge in [0.25, 0.3) is 11.9 Å². The molecule has 0 aliphatic heterocycles. The van der Waals surface area contributed by atoms with Crippen molar-refractivity contribution in [1.29, 1.82) is 0 Å². The zero-order valence-electron chi connectivity index (χ0n) is 48.9. The van der Waals surface area contributed by atoms with Gasteiger partial charge in [0.2, 0.25) is 0 Å². The van der Waals surface area contributed by atoms with Crippen molar-refractivity contribution in [3.63, 3.8) is 0 Å². The summed E-state index contributed by atoms with van der Waals surface area (Å²) < 4.78 is 0. The molecule has 414 valence electrons. The summed E-state index contributed by atoms with van der Waals surface area (Å²) >= 11 is 0. The molecule has 6 heteroatoms. The monoisotopic (exact) mass is 985 g/mol. The standard InChI is InChI=1S/C60H116N2.2C2H4O2/c1-9-13-17-21-25-29-33-37-41-46-55(5)61(56(6)47-42-38-34-30-26-22-18-14-10-2)53-59-50-45-51-60(52-59)54-62(57(7)48-43-39-35-31-27-23-19-15-11-3)58(8)49-44-40-36-32-28-24-20-16-12-4;2*1-2(3)4/h45,50-52,55-58H,9-44,46-49,53-54H2,1-8H3;2*1H3,(H,3,4). The third-order valence-electron chi connectivity index (χ3n) is 14.9. The number of rotatable bonds is 48. The van der Waals surface area contributed by atoms with E-state index in [-0.39, 0.29) is 0 Å². The van der Waals surface area contributed by atoms with Crippen molar-refractivity contribution in [2.75, 3.05) is 0 Å². The van der Waals surface area contributed by atoms with E-state index in [4.69, 9.17) is 19.8 Å². The predicted molar refractivity (Wildman–Crippen MR) is 309 cm³/mol. The van der Waals surface area contributed by atoms with E-state index in [2.05, 4.69) is 89.5 Å². The van der Waals surface area contributed by atoms with Crippen molar-refractivity contribution in [3.05, 3.63) is 35.4 Å². The molecule has 1 aromatic carbocycles. The topological polar surface area (TPSA) is 81.1 Å². The number of carboxylic acid groups (broad SMARTS) is 2. The summed E-state index contributed by atoms with van der Waals surface area (Å²) in [6, 6.07) is 12.5. The van der Waals surface area contributed by atoms with Crippen LogP contribution in [0.2, 0.25) is 0 Å². The Morgan fingerprint density at radius 1 is 0.357 bits per heavy atom. The van der Waals surface area contributed by atoms with Crippen LogP contribution in [0.15, 0.2) is 24.3 Å². The first-order chi connectivity index (χ1) is 33.8. The van der Waals surface area contributed by atoms with E-state index in [0.717, 1.165) is 26.9 Å². The van der Waals surface area contributed by atoms with Gasteiger partial charge in [0, 0.05) is 51.1 Å². The van der Waals surface area contributed by atoms with Crippen molar-refractivity contribution in [2.24, 2.45) is 0 Å². The summed E-state index contributed by atoms with van der Waals surface area (Å²) in [5, 5.41) is 14.8. The minimum absolute atomic E-state index is 0.640. The SMILES string of the molecule is CC(=O)O.CC(=O)O.CCCCCCCCCCCC(C)N(Cc1cccc(CN(C(C)CCCCCCCCCCC)C(C)CCCCCCCCCCC)c1)C(C)CCCCCCCCCCC. The van der Waals surface area contributed by atoms with E-state index in [0.29, 0.717) is 24.2 Å². The van der Waals surface area contributed by atoms with Gasteiger partial charge in [-0.3, -0.25) is 19.4 Å². The lowest BCUT2D eigenvalue weighted by molar-refractivity contribution is -0.135. The summed E-state index contributed by atoms with van der Waals surface area (Å²) in [5.74, 6) is -1.67. The van der Waals surface area contributed by atoms with Crippen LogP contribution in [0.1, 0.15) is 337 Å². The molecule has 0 radical (unpaired) electrons. The molecule has 70 heavy (non-hydrogen) atoms. The number of nitrogens with zero attached hydrogens (tertiary/aromatic N) is 2. The minimum Gasteiger partial charge on any atom is -0.481 e. The Hall–Kier alpha value is -1.92. The first-order valence-electron chi connectivity index (χ1n) is 30.8. The molecular formula is C64H124N2O4. The van der Waals surface area contributed by atoms with E-state index in [1.807, 2.05) is 0 Å². The normalized spacial score (nSPS) is 13.1. The van der Waals surface area contributed by atoms with Crippen LogP contribution in [0.4, 0.5) is 0 Å². The van der Waals surface area contributed by atoms with Crippen molar-refractivity contribution >= 4 is 11.9 Å². The van der Waals surface area contributed by atoms with Crippen LogP contribution in [-0.2, 0) is 22.7 Å². The predicted octanol–water partition coefficient (Wildman–Crippen LogP) is 20.7. The number of carboxylic acids is 2. The molecule has 0 aromatic heterocycles. The van der Waals surface area contributed by atoms with Crippen molar-refractivity contribution in [3.8, 4) is 0 Å². The lowest BCUT2D eigenvalue weighted by Crippen LogP contribution is -2.40. The summed E-state index contributed by atoms with van der Waals surface area (Å²) in [6.45, 7) is 23.9. The second kappa shape index (κ2) is 53.4. The smallest absolute Gasteiger partial charge is 0.300 e. The van der Waals surface area contributed by atoms with Crippen LogP contribution in [0.3, 0.4) is 0 Å². The number of benzene rings is 1. The van der Waals surface area contributed by atoms with Gasteiger partial charge in [-0.2, -0.15) is 0 Å². The van der Waals surface area contributed by atoms with Gasteiger partial charge in [-0.25, -0.2) is 0 Å². The Bertz CT molecular complexity index is 1090. The van der Waals surface area contributed by atoms with Crippen LogP contribution in [0.25, 0.3) is 0 Å². The molecule has 4 unspecified atom stereocenters. The fourth-order valence-corrected chi connectivity index (χ4v) is 10.4. The largest absolute Gasteiger partial charge is 0.481 e. The third-order valence-corrected chi connectivity index (χ3v) is 14.9. The van der Waals surface area contributed by atoms with E-state index in [1.54, 1.807) is 11.1 Å². The number of carbonyl (C=O) groups is 2. The average Bonchev–Trinajstić information content (AvgIpc) is 3.32. The maximum Gasteiger partial charge on any atom is 0.300 e. The third kappa shape index (κ3) is 48.4. The number of unbranched alkanes of at least 4 members (excludes halogenated alkanes) is 32. The van der Waals surface area contributed by atoms with Gasteiger partial charge in [0.05, 0.1) is 0 Å². The lowest BCUT2D eigenvalue weighted by atomic mass is 9.99. The summed E-state index contributed by atoms with van der Waals surface area (Å²) in [7, 11) is 0. The maximum atomic E-state index is 9.00. The molecule has 0 fully saturated rings. The molecule has 0 saturated heterocycles. The molecule has 1 aromatic rings. The molecule has 1 rings (SSSR count). The average molecular weight is 986 g/mol. The molecule has 0 aliphatic carbocycles. The summed E-state index contributed by atoms with van der Waals surface area (Å²) in [6.07, 6.45) is 56.5. The molecule has 0 amide bonds. The quantitative estimate of drug-likeness (QED) is 0.0633. The molecule has 6 nitrogen and oxygen atoms in total. The van der Waals surface area contributed by atoms with Crippen molar-refractivity contribution in [1.82, 2.24) is 9.80 Å². The molecular weight excluding hydrogens is 861 g/mol. The highest BCUT2D eigenvalue weighted by atomic mass is 16.4. The van der Waals surface area contributed by atoms with Gasteiger partial charge in [0.15, 0.2) is 0 Å².